The van der Waals surface area contributed by atoms with Crippen molar-refractivity contribution in [1.29, 1.82) is 0 Å². The SMILES string of the molecule is C#Cc1cc2nc(C)nc(NCc3cccc(C(F)(F)C(C)(C)O)c3F)c2cc1OCCN(C)S(C)(=O)=O. The fourth-order valence-electron chi connectivity index (χ4n) is 3.56. The van der Waals surface area contributed by atoms with Crippen molar-refractivity contribution < 1.29 is 31.4 Å². The number of hydrogen-bond donors (Lipinski definition) is 2. The number of ether oxygens (including phenoxy) is 1. The van der Waals surface area contributed by atoms with Crippen molar-refractivity contribution >= 4 is 26.7 Å². The van der Waals surface area contributed by atoms with Gasteiger partial charge in [0.15, 0.2) is 0 Å². The first-order chi connectivity index (χ1) is 17.6. The molecule has 0 aliphatic rings. The number of nitrogens with zero attached hydrogens (tertiary/aromatic N) is 3. The molecule has 38 heavy (non-hydrogen) atoms. The molecule has 1 heterocycles. The Morgan fingerprint density at radius 1 is 1.24 bits per heavy atom. The third kappa shape index (κ3) is 6.18. The van der Waals surface area contributed by atoms with E-state index in [4.69, 9.17) is 11.2 Å². The predicted octanol–water partition coefficient (Wildman–Crippen LogP) is 3.80. The zero-order valence-corrected chi connectivity index (χ0v) is 22.5. The van der Waals surface area contributed by atoms with Crippen LogP contribution in [0.1, 0.15) is 36.4 Å². The molecule has 0 atom stereocenters. The Morgan fingerprint density at radius 3 is 2.53 bits per heavy atom. The van der Waals surface area contributed by atoms with Crippen LogP contribution in [0.2, 0.25) is 0 Å². The normalized spacial score (nSPS) is 12.6. The van der Waals surface area contributed by atoms with Crippen LogP contribution in [0.3, 0.4) is 0 Å². The van der Waals surface area contributed by atoms with Crippen LogP contribution in [0, 0.1) is 25.1 Å². The number of anilines is 1. The molecule has 0 amide bonds. The highest BCUT2D eigenvalue weighted by Crippen LogP contribution is 2.40. The number of hydrogen-bond acceptors (Lipinski definition) is 7. The van der Waals surface area contributed by atoms with E-state index in [1.165, 1.54) is 19.2 Å². The molecule has 1 aromatic heterocycles. The summed E-state index contributed by atoms with van der Waals surface area (Å²) in [4.78, 5) is 8.75. The van der Waals surface area contributed by atoms with Gasteiger partial charge < -0.3 is 15.2 Å². The second-order valence-electron chi connectivity index (χ2n) is 9.33. The number of aryl methyl sites for hydroxylation is 1. The van der Waals surface area contributed by atoms with Gasteiger partial charge in [0.1, 0.15) is 35.4 Å². The maximum absolute atomic E-state index is 15.1. The molecular weight excluding hydrogens is 521 g/mol. The third-order valence-electron chi connectivity index (χ3n) is 5.93. The number of benzene rings is 2. The Bertz CT molecular complexity index is 1500. The quantitative estimate of drug-likeness (QED) is 0.370. The molecule has 12 heteroatoms. The summed E-state index contributed by atoms with van der Waals surface area (Å²) in [5.41, 5.74) is -2.59. The fraction of sp³-hybridized carbons (Fsp3) is 0.385. The number of halogens is 3. The number of aromatic nitrogens is 2. The van der Waals surface area contributed by atoms with E-state index in [1.54, 1.807) is 19.1 Å². The number of alkyl halides is 2. The van der Waals surface area contributed by atoms with Crippen molar-refractivity contribution in [2.75, 3.05) is 31.8 Å². The zero-order valence-electron chi connectivity index (χ0n) is 21.6. The van der Waals surface area contributed by atoms with Crippen LogP contribution in [0.5, 0.6) is 5.75 Å². The van der Waals surface area contributed by atoms with Crippen molar-refractivity contribution in [1.82, 2.24) is 14.3 Å². The molecule has 0 spiro atoms. The zero-order chi connectivity index (χ0) is 28.5. The van der Waals surface area contributed by atoms with E-state index in [-0.39, 0.29) is 36.8 Å². The number of aliphatic hydroxyl groups is 1. The standard InChI is InChI=1S/C26H29F3N4O4S/c1-7-17-13-21-19(14-22(17)37-12-11-33(5)38(6,35)36)24(32-16(2)31-21)30-15-18-9-8-10-20(23(18)27)26(28,29)25(3,4)34/h1,8-10,13-14,34H,11-12,15H2,2-6H3,(H,30,31,32). The first kappa shape index (κ1) is 29.2. The number of terminal acetylenes is 1. The summed E-state index contributed by atoms with van der Waals surface area (Å²) in [5.74, 6) is -1.50. The second kappa shape index (κ2) is 10.8. The molecule has 0 saturated carbocycles. The highest BCUT2D eigenvalue weighted by Gasteiger charge is 2.49. The van der Waals surface area contributed by atoms with Crippen LogP contribution in [-0.2, 0) is 22.5 Å². The Morgan fingerprint density at radius 2 is 1.92 bits per heavy atom. The van der Waals surface area contributed by atoms with Gasteiger partial charge in [-0.05, 0) is 39.0 Å². The summed E-state index contributed by atoms with van der Waals surface area (Å²) in [6.45, 7) is 3.39. The van der Waals surface area contributed by atoms with E-state index in [1.807, 2.05) is 0 Å². The summed E-state index contributed by atoms with van der Waals surface area (Å²) in [6.07, 6.45) is 6.71. The van der Waals surface area contributed by atoms with Crippen LogP contribution < -0.4 is 10.1 Å². The van der Waals surface area contributed by atoms with Gasteiger partial charge in [0.25, 0.3) is 0 Å². The number of fused-ring (bicyclic) bond motifs is 1. The van der Waals surface area contributed by atoms with Crippen LogP contribution in [0.4, 0.5) is 19.0 Å². The van der Waals surface area contributed by atoms with Gasteiger partial charge in [0, 0.05) is 31.1 Å². The van der Waals surface area contributed by atoms with Gasteiger partial charge in [0.2, 0.25) is 10.0 Å². The van der Waals surface area contributed by atoms with Crippen molar-refractivity contribution in [3.8, 4) is 18.1 Å². The fourth-order valence-corrected chi connectivity index (χ4v) is 3.96. The van der Waals surface area contributed by atoms with E-state index >= 15 is 4.39 Å². The number of rotatable bonds is 10. The number of likely N-dealkylation sites (N-methyl/N-ethyl adjacent to an activating group) is 1. The van der Waals surface area contributed by atoms with Gasteiger partial charge in [0.05, 0.1) is 22.9 Å². The molecule has 0 bridgehead atoms. The van der Waals surface area contributed by atoms with Gasteiger partial charge in [-0.1, -0.05) is 18.1 Å². The van der Waals surface area contributed by atoms with Crippen LogP contribution >= 0.6 is 0 Å². The van der Waals surface area contributed by atoms with Crippen LogP contribution in [0.25, 0.3) is 10.9 Å². The Kier molecular flexibility index (Phi) is 8.26. The Hall–Kier alpha value is -3.40. The number of sulfonamides is 1. The summed E-state index contributed by atoms with van der Waals surface area (Å²) in [6, 6.07) is 6.77. The minimum Gasteiger partial charge on any atom is -0.491 e. The van der Waals surface area contributed by atoms with Crippen LogP contribution in [-0.4, -0.2) is 59.9 Å². The van der Waals surface area contributed by atoms with E-state index in [9.17, 15) is 22.3 Å². The molecule has 3 rings (SSSR count). The average molecular weight is 551 g/mol. The molecule has 0 radical (unpaired) electrons. The van der Waals surface area contributed by atoms with Crippen molar-refractivity contribution in [3.63, 3.8) is 0 Å². The summed E-state index contributed by atoms with van der Waals surface area (Å²) in [5, 5.41) is 13.3. The van der Waals surface area contributed by atoms with Gasteiger partial charge in [-0.2, -0.15) is 8.78 Å². The van der Waals surface area contributed by atoms with Crippen molar-refractivity contribution in [2.24, 2.45) is 0 Å². The first-order valence-corrected chi connectivity index (χ1v) is 13.4. The Balaban J connectivity index is 1.94. The average Bonchev–Trinajstić information content (AvgIpc) is 2.81. The molecule has 0 aliphatic carbocycles. The van der Waals surface area contributed by atoms with Crippen molar-refractivity contribution in [3.05, 3.63) is 58.7 Å². The molecule has 0 fully saturated rings. The van der Waals surface area contributed by atoms with E-state index in [0.717, 1.165) is 30.5 Å². The molecule has 0 aliphatic heterocycles. The molecule has 3 aromatic rings. The summed E-state index contributed by atoms with van der Waals surface area (Å²) in [7, 11) is -1.96. The maximum Gasteiger partial charge on any atom is 0.303 e. The lowest BCUT2D eigenvalue weighted by molar-refractivity contribution is -0.170. The maximum atomic E-state index is 15.1. The largest absolute Gasteiger partial charge is 0.491 e. The second-order valence-corrected chi connectivity index (χ2v) is 11.4. The summed E-state index contributed by atoms with van der Waals surface area (Å²) < 4.78 is 74.5. The minimum absolute atomic E-state index is 0.0205. The highest BCUT2D eigenvalue weighted by molar-refractivity contribution is 7.88. The molecule has 204 valence electrons. The monoisotopic (exact) mass is 550 g/mol. The van der Waals surface area contributed by atoms with Crippen LogP contribution in [0.15, 0.2) is 30.3 Å². The molecule has 2 N–H and O–H groups in total. The molecule has 0 unspecified atom stereocenters. The van der Waals surface area contributed by atoms with Gasteiger partial charge in [-0.25, -0.2) is 27.1 Å². The van der Waals surface area contributed by atoms with E-state index < -0.39 is 32.9 Å². The molecule has 2 aromatic carbocycles. The minimum atomic E-state index is -3.83. The third-order valence-corrected chi connectivity index (χ3v) is 7.24. The van der Waals surface area contributed by atoms with Gasteiger partial charge in [-0.3, -0.25) is 0 Å². The predicted molar refractivity (Wildman–Crippen MR) is 139 cm³/mol. The number of nitrogens with one attached hydrogen (secondary N) is 1. The lowest BCUT2D eigenvalue weighted by atomic mass is 9.92. The van der Waals surface area contributed by atoms with E-state index in [0.29, 0.717) is 22.3 Å². The van der Waals surface area contributed by atoms with Crippen molar-refractivity contribution in [2.45, 2.75) is 38.8 Å². The van der Waals surface area contributed by atoms with Gasteiger partial charge >= 0.3 is 5.92 Å². The summed E-state index contributed by atoms with van der Waals surface area (Å²) >= 11 is 0. The highest BCUT2D eigenvalue weighted by atomic mass is 32.2. The molecule has 8 nitrogen and oxygen atoms in total. The first-order valence-electron chi connectivity index (χ1n) is 11.5. The lowest BCUT2D eigenvalue weighted by Crippen LogP contribution is -2.41. The lowest BCUT2D eigenvalue weighted by Gasteiger charge is -2.30. The Labute approximate surface area is 219 Å². The molecule has 0 saturated heterocycles. The smallest absolute Gasteiger partial charge is 0.303 e. The van der Waals surface area contributed by atoms with E-state index in [2.05, 4.69) is 21.2 Å². The molecular formula is C26H29F3N4O4S. The van der Waals surface area contributed by atoms with Gasteiger partial charge in [-0.15, -0.1) is 6.42 Å². The topological polar surface area (TPSA) is 105 Å².